The number of pyridine rings is 2. The van der Waals surface area contributed by atoms with Gasteiger partial charge in [-0.05, 0) is 89.0 Å². The van der Waals surface area contributed by atoms with Gasteiger partial charge >= 0.3 is 0 Å². The van der Waals surface area contributed by atoms with E-state index in [0.717, 1.165) is 61.4 Å². The largest absolute Gasteiger partial charge is 0.309 e. The Bertz CT molecular complexity index is 3160. The Labute approximate surface area is 324 Å². The van der Waals surface area contributed by atoms with Gasteiger partial charge in [0.15, 0.2) is 0 Å². The summed E-state index contributed by atoms with van der Waals surface area (Å²) in [6, 6.07) is 71.3. The zero-order valence-corrected chi connectivity index (χ0v) is 30.4. The summed E-state index contributed by atoms with van der Waals surface area (Å²) in [5.41, 5.74) is 16.4. The van der Waals surface area contributed by atoms with Crippen LogP contribution < -0.4 is 0 Å². The third-order valence-electron chi connectivity index (χ3n) is 11.0. The quantitative estimate of drug-likeness (QED) is 0.172. The Morgan fingerprint density at radius 2 is 0.786 bits per heavy atom. The lowest BCUT2D eigenvalue weighted by Gasteiger charge is -2.13. The summed E-state index contributed by atoms with van der Waals surface area (Å²) in [6.07, 6.45) is 1.89. The first-order chi connectivity index (χ1) is 27.8. The lowest BCUT2D eigenvalue weighted by Crippen LogP contribution is -1.98. The summed E-state index contributed by atoms with van der Waals surface area (Å²) in [6.45, 7) is 0. The van der Waals surface area contributed by atoms with Crippen molar-refractivity contribution in [2.24, 2.45) is 0 Å². The number of aromatic nitrogens is 4. The van der Waals surface area contributed by atoms with E-state index >= 15 is 0 Å². The number of hydrogen-bond acceptors (Lipinski definition) is 2. The highest BCUT2D eigenvalue weighted by atomic mass is 15.0. The highest BCUT2D eigenvalue weighted by molar-refractivity contribution is 6.12. The van der Waals surface area contributed by atoms with Gasteiger partial charge in [0, 0.05) is 39.2 Å². The van der Waals surface area contributed by atoms with Crippen LogP contribution in [0.3, 0.4) is 0 Å². The van der Waals surface area contributed by atoms with Crippen molar-refractivity contribution in [3.8, 4) is 56.1 Å². The van der Waals surface area contributed by atoms with Crippen molar-refractivity contribution in [1.29, 1.82) is 0 Å². The Morgan fingerprint density at radius 1 is 0.304 bits per heavy atom. The molecule has 0 unspecified atom stereocenters. The normalized spacial score (nSPS) is 11.6. The van der Waals surface area contributed by atoms with Gasteiger partial charge in [0.1, 0.15) is 0 Å². The highest BCUT2D eigenvalue weighted by Gasteiger charge is 2.18. The molecule has 0 radical (unpaired) electrons. The van der Waals surface area contributed by atoms with E-state index in [4.69, 9.17) is 9.97 Å². The molecule has 0 saturated carbocycles. The molecular weight excluding hydrogens is 681 g/mol. The summed E-state index contributed by atoms with van der Waals surface area (Å²) < 4.78 is 4.72. The maximum absolute atomic E-state index is 5.15. The first-order valence-electron chi connectivity index (χ1n) is 19.0. The maximum atomic E-state index is 5.15. The van der Waals surface area contributed by atoms with E-state index < -0.39 is 0 Å². The van der Waals surface area contributed by atoms with Crippen molar-refractivity contribution >= 4 is 43.7 Å². The van der Waals surface area contributed by atoms with Gasteiger partial charge in [-0.1, -0.05) is 133 Å². The fraction of sp³-hybridized carbons (Fsp3) is 0. The molecule has 11 rings (SSSR count). The summed E-state index contributed by atoms with van der Waals surface area (Å²) >= 11 is 0. The van der Waals surface area contributed by atoms with Crippen LogP contribution in [-0.2, 0) is 0 Å². The van der Waals surface area contributed by atoms with Crippen LogP contribution in [0.4, 0.5) is 0 Å². The summed E-state index contributed by atoms with van der Waals surface area (Å²) in [5, 5.41) is 3.57. The van der Waals surface area contributed by atoms with E-state index in [0.29, 0.717) is 0 Å². The molecule has 4 heteroatoms. The number of fused-ring (bicyclic) bond motifs is 6. The standard InChI is InChI=1S/C52H34N4/c1-4-13-35(14-5-1)36-22-26-41(27-23-36)55-48-20-11-10-19-43(48)44-31-39(24-28-49(44)55)40-25-29-50-45(32-40)52-51(21-12-30-53-52)56(50)42-33-46(37-15-6-2-7-16-37)54-47(34-42)38-17-8-3-9-18-38/h1-34H. The molecule has 0 N–H and O–H groups in total. The van der Waals surface area contributed by atoms with E-state index in [9.17, 15) is 0 Å². The SMILES string of the molecule is c1ccc(-c2ccc(-n3c4ccccc4c4cc(-c5ccc6c(c5)c5ncccc5n6-c5cc(-c6ccccc6)nc(-c6ccccc6)c5)ccc43)cc2)cc1. The monoisotopic (exact) mass is 714 g/mol. The van der Waals surface area contributed by atoms with Gasteiger partial charge in [-0.15, -0.1) is 0 Å². The van der Waals surface area contributed by atoms with Crippen LogP contribution in [0.1, 0.15) is 0 Å². The molecule has 0 atom stereocenters. The van der Waals surface area contributed by atoms with Crippen LogP contribution in [0, 0.1) is 0 Å². The topological polar surface area (TPSA) is 35.6 Å². The number of para-hydroxylation sites is 1. The lowest BCUT2D eigenvalue weighted by molar-refractivity contribution is 1.16. The van der Waals surface area contributed by atoms with Crippen molar-refractivity contribution in [2.45, 2.75) is 0 Å². The molecule has 0 spiro atoms. The molecule has 0 aliphatic rings. The van der Waals surface area contributed by atoms with Crippen LogP contribution in [0.2, 0.25) is 0 Å². The predicted octanol–water partition coefficient (Wildman–Crippen LogP) is 13.3. The molecule has 11 aromatic rings. The third kappa shape index (κ3) is 5.31. The summed E-state index contributed by atoms with van der Waals surface area (Å²) in [7, 11) is 0. The summed E-state index contributed by atoms with van der Waals surface area (Å²) in [5.74, 6) is 0. The maximum Gasteiger partial charge on any atom is 0.0963 e. The summed E-state index contributed by atoms with van der Waals surface area (Å²) in [4.78, 5) is 10.1. The highest BCUT2D eigenvalue weighted by Crippen LogP contribution is 2.39. The molecular formula is C52H34N4. The van der Waals surface area contributed by atoms with E-state index in [2.05, 4.69) is 191 Å². The van der Waals surface area contributed by atoms with Crippen LogP contribution in [0.5, 0.6) is 0 Å². The number of nitrogens with zero attached hydrogens (tertiary/aromatic N) is 4. The average Bonchev–Trinajstić information content (AvgIpc) is 3.79. The molecule has 4 heterocycles. The van der Waals surface area contributed by atoms with Crippen molar-refractivity contribution in [1.82, 2.24) is 19.1 Å². The number of rotatable bonds is 6. The minimum Gasteiger partial charge on any atom is -0.309 e. The second kappa shape index (κ2) is 13.1. The molecule has 0 bridgehead atoms. The Hall–Kier alpha value is -7.56. The zero-order valence-electron chi connectivity index (χ0n) is 30.4. The smallest absolute Gasteiger partial charge is 0.0963 e. The van der Waals surface area contributed by atoms with Gasteiger partial charge < -0.3 is 9.13 Å². The van der Waals surface area contributed by atoms with Crippen molar-refractivity contribution < 1.29 is 0 Å². The molecule has 4 nitrogen and oxygen atoms in total. The third-order valence-corrected chi connectivity index (χ3v) is 11.0. The van der Waals surface area contributed by atoms with Gasteiger partial charge in [-0.2, -0.15) is 0 Å². The van der Waals surface area contributed by atoms with Crippen molar-refractivity contribution in [2.75, 3.05) is 0 Å². The minimum absolute atomic E-state index is 0.928. The molecule has 0 aliphatic heterocycles. The Kier molecular flexibility index (Phi) is 7.46. The number of hydrogen-bond donors (Lipinski definition) is 0. The van der Waals surface area contributed by atoms with Gasteiger partial charge in [-0.3, -0.25) is 4.98 Å². The molecule has 0 fully saturated rings. The van der Waals surface area contributed by atoms with Gasteiger partial charge in [0.05, 0.1) is 44.7 Å². The van der Waals surface area contributed by atoms with Gasteiger partial charge in [0.2, 0.25) is 0 Å². The van der Waals surface area contributed by atoms with Crippen molar-refractivity contribution in [3.05, 3.63) is 206 Å². The van der Waals surface area contributed by atoms with Crippen molar-refractivity contribution in [3.63, 3.8) is 0 Å². The molecule has 56 heavy (non-hydrogen) atoms. The first-order valence-corrected chi connectivity index (χ1v) is 19.0. The van der Waals surface area contributed by atoms with Crippen LogP contribution in [0.25, 0.3) is 99.9 Å². The Morgan fingerprint density at radius 3 is 1.45 bits per heavy atom. The van der Waals surface area contributed by atoms with Gasteiger partial charge in [-0.25, -0.2) is 4.98 Å². The van der Waals surface area contributed by atoms with Crippen LogP contribution >= 0.6 is 0 Å². The molecule has 0 aliphatic carbocycles. The second-order valence-electron chi connectivity index (χ2n) is 14.3. The zero-order chi connectivity index (χ0) is 37.0. The minimum atomic E-state index is 0.928. The molecule has 7 aromatic carbocycles. The molecule has 0 saturated heterocycles. The second-order valence-corrected chi connectivity index (χ2v) is 14.3. The number of benzene rings is 7. The fourth-order valence-electron chi connectivity index (χ4n) is 8.32. The van der Waals surface area contributed by atoms with Crippen LogP contribution in [-0.4, -0.2) is 19.1 Å². The fourth-order valence-corrected chi connectivity index (χ4v) is 8.32. The van der Waals surface area contributed by atoms with Crippen LogP contribution in [0.15, 0.2) is 206 Å². The molecule has 262 valence electrons. The lowest BCUT2D eigenvalue weighted by atomic mass is 10.0. The molecule has 4 aromatic heterocycles. The first kappa shape index (κ1) is 31.9. The predicted molar refractivity (Wildman–Crippen MR) is 232 cm³/mol. The van der Waals surface area contributed by atoms with Gasteiger partial charge in [0.25, 0.3) is 0 Å². The Balaban J connectivity index is 1.06. The van der Waals surface area contributed by atoms with E-state index in [1.165, 1.54) is 38.5 Å². The van der Waals surface area contributed by atoms with E-state index in [1.807, 2.05) is 24.4 Å². The average molecular weight is 715 g/mol. The van der Waals surface area contributed by atoms with E-state index in [-0.39, 0.29) is 0 Å². The molecule has 0 amide bonds. The van der Waals surface area contributed by atoms with E-state index in [1.54, 1.807) is 0 Å².